The predicted molar refractivity (Wildman–Crippen MR) is 83.5 cm³/mol. The summed E-state index contributed by atoms with van der Waals surface area (Å²) in [6.45, 7) is 0. The van der Waals surface area contributed by atoms with Crippen LogP contribution < -0.4 is 5.32 Å². The highest BCUT2D eigenvalue weighted by molar-refractivity contribution is 9.10. The maximum absolute atomic E-state index is 13.2. The van der Waals surface area contributed by atoms with Crippen molar-refractivity contribution in [3.63, 3.8) is 0 Å². The van der Waals surface area contributed by atoms with Crippen molar-refractivity contribution in [1.82, 2.24) is 0 Å². The molecule has 0 saturated heterocycles. The molecule has 7 heteroatoms. The van der Waals surface area contributed by atoms with Crippen molar-refractivity contribution < 1.29 is 9.18 Å². The predicted octanol–water partition coefficient (Wildman–Crippen LogP) is 5.80. The van der Waals surface area contributed by atoms with Crippen molar-refractivity contribution in [2.75, 3.05) is 5.32 Å². The van der Waals surface area contributed by atoms with Crippen molar-refractivity contribution in [3.8, 4) is 0 Å². The van der Waals surface area contributed by atoms with Crippen LogP contribution in [0.3, 0.4) is 0 Å². The number of anilines is 1. The number of hydrogen-bond donors (Lipinski definition) is 1. The van der Waals surface area contributed by atoms with Crippen LogP contribution in [-0.4, -0.2) is 5.91 Å². The first-order valence-electron chi connectivity index (χ1n) is 5.29. The van der Waals surface area contributed by atoms with E-state index in [2.05, 4.69) is 21.2 Å². The molecule has 0 unspecified atom stereocenters. The molecule has 2 nitrogen and oxygen atoms in total. The first-order valence-corrected chi connectivity index (χ1v) is 7.22. The van der Waals surface area contributed by atoms with Gasteiger partial charge in [0.25, 0.3) is 5.91 Å². The summed E-state index contributed by atoms with van der Waals surface area (Å²) in [5, 5.41) is 3.32. The minimum absolute atomic E-state index is 0.145. The summed E-state index contributed by atoms with van der Waals surface area (Å²) in [6.07, 6.45) is 0. The van der Waals surface area contributed by atoms with Gasteiger partial charge in [-0.25, -0.2) is 4.39 Å². The molecular formula is C13H6BrCl3FNO. The Hall–Kier alpha value is -0.810. The van der Waals surface area contributed by atoms with E-state index in [1.807, 2.05) is 0 Å². The SMILES string of the molecule is O=C(Nc1cc(Cl)c(Cl)cc1Cl)c1cc(F)ccc1Br. The van der Waals surface area contributed by atoms with E-state index in [-0.39, 0.29) is 20.6 Å². The molecule has 0 aliphatic heterocycles. The van der Waals surface area contributed by atoms with Crippen molar-refractivity contribution in [3.05, 3.63) is 61.3 Å². The Morgan fingerprint density at radius 3 is 2.40 bits per heavy atom. The van der Waals surface area contributed by atoms with Crippen molar-refractivity contribution in [2.24, 2.45) is 0 Å². The normalized spacial score (nSPS) is 10.4. The Bertz CT molecular complexity index is 694. The lowest BCUT2D eigenvalue weighted by atomic mass is 10.2. The van der Waals surface area contributed by atoms with Crippen LogP contribution in [0, 0.1) is 5.82 Å². The number of hydrogen-bond acceptors (Lipinski definition) is 1. The van der Waals surface area contributed by atoms with Gasteiger partial charge in [-0.2, -0.15) is 0 Å². The topological polar surface area (TPSA) is 29.1 Å². The third kappa shape index (κ3) is 3.44. The molecule has 0 spiro atoms. The fourth-order valence-electron chi connectivity index (χ4n) is 1.48. The van der Waals surface area contributed by atoms with Crippen LogP contribution in [0.1, 0.15) is 10.4 Å². The number of rotatable bonds is 2. The molecule has 0 fully saturated rings. The number of halogens is 5. The molecule has 1 N–H and O–H groups in total. The third-order valence-electron chi connectivity index (χ3n) is 2.43. The first-order chi connectivity index (χ1) is 9.38. The number of carbonyl (C=O) groups is 1. The second kappa shape index (κ2) is 6.31. The molecule has 1 amide bonds. The largest absolute Gasteiger partial charge is 0.321 e. The number of nitrogens with one attached hydrogen (secondary N) is 1. The molecule has 2 aromatic carbocycles. The highest BCUT2D eigenvalue weighted by atomic mass is 79.9. The number of amides is 1. The molecule has 0 bridgehead atoms. The Labute approximate surface area is 138 Å². The van der Waals surface area contributed by atoms with Gasteiger partial charge in [0.2, 0.25) is 0 Å². The van der Waals surface area contributed by atoms with Gasteiger partial charge in [-0.3, -0.25) is 4.79 Å². The maximum Gasteiger partial charge on any atom is 0.256 e. The molecule has 0 atom stereocenters. The average molecular weight is 397 g/mol. The van der Waals surface area contributed by atoms with E-state index in [9.17, 15) is 9.18 Å². The van der Waals surface area contributed by atoms with Crippen LogP contribution in [0.4, 0.5) is 10.1 Å². The molecule has 0 heterocycles. The summed E-state index contributed by atoms with van der Waals surface area (Å²) in [5.74, 6) is -1.03. The lowest BCUT2D eigenvalue weighted by Gasteiger charge is -2.10. The van der Waals surface area contributed by atoms with E-state index in [0.29, 0.717) is 10.2 Å². The van der Waals surface area contributed by atoms with E-state index in [1.54, 1.807) is 0 Å². The smallest absolute Gasteiger partial charge is 0.256 e. The molecule has 104 valence electrons. The van der Waals surface area contributed by atoms with Crippen molar-refractivity contribution >= 4 is 62.3 Å². The average Bonchev–Trinajstić information content (AvgIpc) is 2.38. The van der Waals surface area contributed by atoms with Crippen LogP contribution in [0.5, 0.6) is 0 Å². The van der Waals surface area contributed by atoms with Gasteiger partial charge in [-0.05, 0) is 46.3 Å². The first kappa shape index (κ1) is 15.6. The summed E-state index contributed by atoms with van der Waals surface area (Å²) in [4.78, 5) is 12.1. The summed E-state index contributed by atoms with van der Waals surface area (Å²) < 4.78 is 13.6. The van der Waals surface area contributed by atoms with E-state index >= 15 is 0 Å². The van der Waals surface area contributed by atoms with Gasteiger partial charge in [0.05, 0.1) is 26.3 Å². The Morgan fingerprint density at radius 2 is 1.70 bits per heavy atom. The fourth-order valence-corrected chi connectivity index (χ4v) is 2.50. The Morgan fingerprint density at radius 1 is 1.05 bits per heavy atom. The van der Waals surface area contributed by atoms with Gasteiger partial charge in [-0.15, -0.1) is 0 Å². The summed E-state index contributed by atoms with van der Waals surface area (Å²) in [6, 6.07) is 6.65. The van der Waals surface area contributed by atoms with Crippen LogP contribution in [0.25, 0.3) is 0 Å². The molecule has 0 aromatic heterocycles. The highest BCUT2D eigenvalue weighted by Gasteiger charge is 2.14. The van der Waals surface area contributed by atoms with Gasteiger partial charge in [0.15, 0.2) is 0 Å². The maximum atomic E-state index is 13.2. The molecule has 0 aliphatic carbocycles. The lowest BCUT2D eigenvalue weighted by Crippen LogP contribution is -2.13. The molecule has 0 saturated carbocycles. The van der Waals surface area contributed by atoms with Crippen molar-refractivity contribution in [1.29, 1.82) is 0 Å². The summed E-state index contributed by atoms with van der Waals surface area (Å²) >= 11 is 20.8. The van der Waals surface area contributed by atoms with E-state index in [0.717, 1.165) is 6.07 Å². The minimum Gasteiger partial charge on any atom is -0.321 e. The molecule has 0 aliphatic rings. The molecule has 20 heavy (non-hydrogen) atoms. The zero-order valence-electron chi connectivity index (χ0n) is 9.68. The van der Waals surface area contributed by atoms with Crippen molar-refractivity contribution in [2.45, 2.75) is 0 Å². The summed E-state index contributed by atoms with van der Waals surface area (Å²) in [7, 11) is 0. The van der Waals surface area contributed by atoms with Crippen LogP contribution in [0.15, 0.2) is 34.8 Å². The third-order valence-corrected chi connectivity index (χ3v) is 4.16. The van der Waals surface area contributed by atoms with Crippen LogP contribution in [0.2, 0.25) is 15.1 Å². The number of benzene rings is 2. The molecule has 0 radical (unpaired) electrons. The molecule has 2 aromatic rings. The molecule has 2 rings (SSSR count). The quantitative estimate of drug-likeness (QED) is 0.638. The zero-order valence-corrected chi connectivity index (χ0v) is 13.5. The van der Waals surface area contributed by atoms with Gasteiger partial charge < -0.3 is 5.32 Å². The van der Waals surface area contributed by atoms with Gasteiger partial charge >= 0.3 is 0 Å². The molecular weight excluding hydrogens is 391 g/mol. The Balaban J connectivity index is 2.32. The van der Waals surface area contributed by atoms with E-state index in [4.69, 9.17) is 34.8 Å². The lowest BCUT2D eigenvalue weighted by molar-refractivity contribution is 0.102. The second-order valence-electron chi connectivity index (χ2n) is 3.82. The van der Waals surface area contributed by atoms with Gasteiger partial charge in [0.1, 0.15) is 5.82 Å². The second-order valence-corrected chi connectivity index (χ2v) is 5.90. The highest BCUT2D eigenvalue weighted by Crippen LogP contribution is 2.32. The number of carbonyl (C=O) groups excluding carboxylic acids is 1. The zero-order chi connectivity index (χ0) is 14.9. The van der Waals surface area contributed by atoms with E-state index in [1.165, 1.54) is 24.3 Å². The van der Waals surface area contributed by atoms with Gasteiger partial charge in [-0.1, -0.05) is 34.8 Å². The fraction of sp³-hybridized carbons (Fsp3) is 0. The summed E-state index contributed by atoms with van der Waals surface area (Å²) in [5.41, 5.74) is 0.439. The monoisotopic (exact) mass is 395 g/mol. The van der Waals surface area contributed by atoms with Crippen LogP contribution in [-0.2, 0) is 0 Å². The van der Waals surface area contributed by atoms with E-state index < -0.39 is 11.7 Å². The van der Waals surface area contributed by atoms with Gasteiger partial charge in [0, 0.05) is 4.47 Å². The van der Waals surface area contributed by atoms with Crippen LogP contribution >= 0.6 is 50.7 Å². The minimum atomic E-state index is -0.517. The Kier molecular flexibility index (Phi) is 4.91. The standard InChI is InChI=1S/C13H6BrCl3FNO/c14-8-2-1-6(18)3-7(8)13(20)19-12-5-10(16)9(15)4-11(12)17/h1-5H,(H,19,20).